The van der Waals surface area contributed by atoms with Crippen LogP contribution in [-0.2, 0) is 21.5 Å². The lowest BCUT2D eigenvalue weighted by Gasteiger charge is -2.29. The van der Waals surface area contributed by atoms with E-state index in [2.05, 4.69) is 15.6 Å². The van der Waals surface area contributed by atoms with E-state index in [0.29, 0.717) is 24.5 Å². The van der Waals surface area contributed by atoms with Gasteiger partial charge in [-0.25, -0.2) is 0 Å². The van der Waals surface area contributed by atoms with Gasteiger partial charge in [-0.3, -0.25) is 19.2 Å². The lowest BCUT2D eigenvalue weighted by molar-refractivity contribution is -0.132. The standard InChI is InChI=1S/C17H19N5O3/c1-21-11-9-15(20-21)22-10-5-8-14(17(22)24)25-18-12-16(23)19-13-6-3-2-4-7-13/h2-4,6-7,9,11-12,14H,5,8,10H2,1H3,(H,19,23)/b18-12+. The molecule has 1 saturated heterocycles. The van der Waals surface area contributed by atoms with Gasteiger partial charge in [0, 0.05) is 31.5 Å². The Balaban J connectivity index is 1.55. The first-order chi connectivity index (χ1) is 12.1. The van der Waals surface area contributed by atoms with E-state index in [-0.39, 0.29) is 5.91 Å². The van der Waals surface area contributed by atoms with Crippen molar-refractivity contribution in [3.63, 3.8) is 0 Å². The van der Waals surface area contributed by atoms with Gasteiger partial charge >= 0.3 is 0 Å². The molecule has 0 spiro atoms. The van der Waals surface area contributed by atoms with Crippen LogP contribution in [-0.4, -0.2) is 40.5 Å². The summed E-state index contributed by atoms with van der Waals surface area (Å²) in [5, 5.41) is 10.6. The summed E-state index contributed by atoms with van der Waals surface area (Å²) in [6.45, 7) is 0.591. The van der Waals surface area contributed by atoms with E-state index in [1.165, 1.54) is 0 Å². The first-order valence-electron chi connectivity index (χ1n) is 8.00. The number of piperidine rings is 1. The van der Waals surface area contributed by atoms with Crippen molar-refractivity contribution in [1.82, 2.24) is 9.78 Å². The Morgan fingerprint density at radius 3 is 2.88 bits per heavy atom. The molecule has 1 unspecified atom stereocenters. The second-order valence-corrected chi connectivity index (χ2v) is 5.66. The van der Waals surface area contributed by atoms with Gasteiger partial charge in [0.2, 0.25) is 6.10 Å². The Morgan fingerprint density at radius 2 is 2.16 bits per heavy atom. The predicted octanol–water partition coefficient (Wildman–Crippen LogP) is 1.56. The molecule has 8 heteroatoms. The zero-order valence-corrected chi connectivity index (χ0v) is 13.8. The highest BCUT2D eigenvalue weighted by molar-refractivity contribution is 6.31. The molecule has 3 rings (SSSR count). The van der Waals surface area contributed by atoms with Crippen LogP contribution >= 0.6 is 0 Å². The number of carbonyl (C=O) groups excluding carboxylic acids is 2. The van der Waals surface area contributed by atoms with Gasteiger partial charge in [0.15, 0.2) is 5.82 Å². The van der Waals surface area contributed by atoms with E-state index >= 15 is 0 Å². The summed E-state index contributed by atoms with van der Waals surface area (Å²) in [6.07, 6.45) is 3.43. The average Bonchev–Trinajstić information content (AvgIpc) is 3.03. The summed E-state index contributed by atoms with van der Waals surface area (Å²) < 4.78 is 1.64. The van der Waals surface area contributed by atoms with Crippen molar-refractivity contribution >= 4 is 29.5 Å². The first-order valence-corrected chi connectivity index (χ1v) is 8.00. The summed E-state index contributed by atoms with van der Waals surface area (Å²) in [5.74, 6) is -0.0341. The van der Waals surface area contributed by atoms with Crippen LogP contribution in [0.2, 0.25) is 0 Å². The van der Waals surface area contributed by atoms with E-state index in [1.807, 2.05) is 18.2 Å². The minimum atomic E-state index is -0.712. The van der Waals surface area contributed by atoms with Crippen molar-refractivity contribution in [2.75, 3.05) is 16.8 Å². The molecule has 0 radical (unpaired) electrons. The van der Waals surface area contributed by atoms with Gasteiger partial charge in [0.25, 0.3) is 11.8 Å². The zero-order chi connectivity index (χ0) is 17.6. The summed E-state index contributed by atoms with van der Waals surface area (Å²) in [6, 6.07) is 10.8. The zero-order valence-electron chi connectivity index (χ0n) is 13.8. The molecule has 1 atom stereocenters. The Kier molecular flexibility index (Phi) is 5.08. The van der Waals surface area contributed by atoms with E-state index in [4.69, 9.17) is 4.84 Å². The predicted molar refractivity (Wildman–Crippen MR) is 93.2 cm³/mol. The molecule has 1 aliphatic heterocycles. The first kappa shape index (κ1) is 16.7. The number of para-hydroxylation sites is 1. The van der Waals surface area contributed by atoms with Crippen LogP contribution in [0.4, 0.5) is 11.5 Å². The fraction of sp³-hybridized carbons (Fsp3) is 0.294. The number of hydrogen-bond donors (Lipinski definition) is 1. The van der Waals surface area contributed by atoms with Crippen LogP contribution in [0, 0.1) is 0 Å². The molecule has 25 heavy (non-hydrogen) atoms. The quantitative estimate of drug-likeness (QED) is 0.660. The number of oxime groups is 1. The smallest absolute Gasteiger partial charge is 0.272 e. The molecule has 130 valence electrons. The van der Waals surface area contributed by atoms with Crippen molar-refractivity contribution in [1.29, 1.82) is 0 Å². The van der Waals surface area contributed by atoms with Gasteiger partial charge in [0.1, 0.15) is 6.21 Å². The maximum atomic E-state index is 12.5. The highest BCUT2D eigenvalue weighted by Gasteiger charge is 2.32. The molecule has 1 aromatic carbocycles. The fourth-order valence-corrected chi connectivity index (χ4v) is 2.56. The normalized spacial score (nSPS) is 17.7. The molecule has 2 heterocycles. The number of anilines is 2. The molecule has 1 aromatic heterocycles. The third kappa shape index (κ3) is 4.23. The maximum Gasteiger partial charge on any atom is 0.272 e. The lowest BCUT2D eigenvalue weighted by Crippen LogP contribution is -2.45. The van der Waals surface area contributed by atoms with E-state index in [1.54, 1.807) is 41.0 Å². The number of nitrogens with zero attached hydrogens (tertiary/aromatic N) is 4. The molecule has 1 fully saturated rings. The summed E-state index contributed by atoms with van der Waals surface area (Å²) in [7, 11) is 1.79. The van der Waals surface area contributed by atoms with Gasteiger partial charge in [-0.05, 0) is 25.0 Å². The number of nitrogens with one attached hydrogen (secondary N) is 1. The SMILES string of the molecule is Cn1ccc(N2CCCC(O/N=C/C(=O)Nc3ccccc3)C2=O)n1. The van der Waals surface area contributed by atoms with Crippen LogP contribution in [0.1, 0.15) is 12.8 Å². The number of hydrogen-bond acceptors (Lipinski definition) is 5. The van der Waals surface area contributed by atoms with Crippen LogP contribution in [0.3, 0.4) is 0 Å². The molecule has 2 amide bonds. The fourth-order valence-electron chi connectivity index (χ4n) is 2.56. The minimum Gasteiger partial charge on any atom is -0.382 e. The number of amides is 2. The summed E-state index contributed by atoms with van der Waals surface area (Å²) >= 11 is 0. The van der Waals surface area contributed by atoms with Crippen LogP contribution < -0.4 is 10.2 Å². The molecular weight excluding hydrogens is 322 g/mol. The van der Waals surface area contributed by atoms with Crippen molar-refractivity contribution in [3.05, 3.63) is 42.6 Å². The highest BCUT2D eigenvalue weighted by atomic mass is 16.6. The maximum absolute atomic E-state index is 12.5. The van der Waals surface area contributed by atoms with Crippen molar-refractivity contribution in [2.24, 2.45) is 12.2 Å². The van der Waals surface area contributed by atoms with Gasteiger partial charge < -0.3 is 10.2 Å². The number of aryl methyl sites for hydroxylation is 1. The average molecular weight is 341 g/mol. The molecule has 0 bridgehead atoms. The van der Waals surface area contributed by atoms with Gasteiger partial charge in [-0.1, -0.05) is 23.4 Å². The van der Waals surface area contributed by atoms with Gasteiger partial charge in [-0.2, -0.15) is 5.10 Å². The molecule has 1 N–H and O–H groups in total. The Morgan fingerprint density at radius 1 is 1.36 bits per heavy atom. The van der Waals surface area contributed by atoms with Crippen molar-refractivity contribution in [3.8, 4) is 0 Å². The van der Waals surface area contributed by atoms with Crippen LogP contribution in [0.25, 0.3) is 0 Å². The van der Waals surface area contributed by atoms with Gasteiger partial charge in [0.05, 0.1) is 0 Å². The van der Waals surface area contributed by atoms with E-state index in [0.717, 1.165) is 12.6 Å². The van der Waals surface area contributed by atoms with Gasteiger partial charge in [-0.15, -0.1) is 0 Å². The summed E-state index contributed by atoms with van der Waals surface area (Å²) in [5.41, 5.74) is 0.661. The summed E-state index contributed by atoms with van der Waals surface area (Å²) in [4.78, 5) is 31.1. The third-order valence-corrected chi connectivity index (χ3v) is 3.76. The number of benzene rings is 1. The minimum absolute atomic E-state index is 0.203. The van der Waals surface area contributed by atoms with E-state index < -0.39 is 12.0 Å². The largest absolute Gasteiger partial charge is 0.382 e. The molecule has 8 nitrogen and oxygen atoms in total. The second kappa shape index (κ2) is 7.61. The van der Waals surface area contributed by atoms with Crippen molar-refractivity contribution in [2.45, 2.75) is 18.9 Å². The lowest BCUT2D eigenvalue weighted by atomic mass is 10.1. The molecule has 2 aromatic rings. The Hall–Kier alpha value is -3.16. The van der Waals surface area contributed by atoms with Crippen LogP contribution in [0.15, 0.2) is 47.8 Å². The Labute approximate surface area is 145 Å². The van der Waals surface area contributed by atoms with Crippen molar-refractivity contribution < 1.29 is 14.4 Å². The molecule has 0 aliphatic carbocycles. The molecular formula is C17H19N5O3. The Bertz CT molecular complexity index is 772. The number of aromatic nitrogens is 2. The monoisotopic (exact) mass is 341 g/mol. The topological polar surface area (TPSA) is 88.8 Å². The second-order valence-electron chi connectivity index (χ2n) is 5.66. The molecule has 0 saturated carbocycles. The van der Waals surface area contributed by atoms with E-state index in [9.17, 15) is 9.59 Å². The third-order valence-electron chi connectivity index (χ3n) is 3.76. The molecule has 1 aliphatic rings. The highest BCUT2D eigenvalue weighted by Crippen LogP contribution is 2.20. The number of carbonyl (C=O) groups is 2. The number of rotatable bonds is 5. The van der Waals surface area contributed by atoms with Crippen LogP contribution in [0.5, 0.6) is 0 Å².